The molecule has 3 aliphatic rings. The van der Waals surface area contributed by atoms with Crippen LogP contribution in [0.3, 0.4) is 0 Å². The zero-order valence-electron chi connectivity index (χ0n) is 14.9. The van der Waals surface area contributed by atoms with E-state index in [-0.39, 0.29) is 4.59 Å². The topological polar surface area (TPSA) is 71.0 Å². The van der Waals surface area contributed by atoms with E-state index in [0.717, 1.165) is 37.1 Å². The first-order valence-corrected chi connectivity index (χ1v) is 8.75. The molecular formula is C17H23N8+. The van der Waals surface area contributed by atoms with Gasteiger partial charge in [-0.3, -0.25) is 0 Å². The number of anilines is 1. The lowest BCUT2D eigenvalue weighted by Gasteiger charge is -2.18. The second-order valence-electron chi connectivity index (χ2n) is 6.58. The third kappa shape index (κ3) is 2.93. The number of nitrogens with zero attached hydrogens (tertiary/aromatic N) is 8. The van der Waals surface area contributed by atoms with Crippen LogP contribution < -0.4 is 4.90 Å². The molecule has 0 spiro atoms. The Bertz CT molecular complexity index is 835. The van der Waals surface area contributed by atoms with Gasteiger partial charge < -0.3 is 4.90 Å². The molecule has 25 heavy (non-hydrogen) atoms. The minimum absolute atomic E-state index is 0.260. The predicted molar refractivity (Wildman–Crippen MR) is 99.5 cm³/mol. The maximum Gasteiger partial charge on any atom is 0.363 e. The average Bonchev–Trinajstić information content (AvgIpc) is 3.30. The number of quaternary nitrogens is 1. The van der Waals surface area contributed by atoms with Crippen molar-refractivity contribution in [3.63, 3.8) is 0 Å². The van der Waals surface area contributed by atoms with Gasteiger partial charge in [0.1, 0.15) is 13.2 Å². The molecule has 1 aromatic heterocycles. The molecule has 8 nitrogen and oxygen atoms in total. The van der Waals surface area contributed by atoms with Crippen molar-refractivity contribution >= 4 is 29.5 Å². The summed E-state index contributed by atoms with van der Waals surface area (Å²) in [5, 5.41) is 9.25. The van der Waals surface area contributed by atoms with Gasteiger partial charge in [0, 0.05) is 25.7 Å². The first-order chi connectivity index (χ1) is 12.1. The van der Waals surface area contributed by atoms with Crippen molar-refractivity contribution in [1.82, 2.24) is 14.8 Å². The number of fused-ring (bicyclic) bond motifs is 1. The van der Waals surface area contributed by atoms with Crippen LogP contribution in [-0.2, 0) is 6.54 Å². The SMILES string of the molecule is CCn1nc(N2CCCC2)nc1C=CC1=N[N+]2(C)C=CC(C)=NC2=N1. The number of guanidine groups is 1. The van der Waals surface area contributed by atoms with Crippen molar-refractivity contribution in [2.75, 3.05) is 25.0 Å². The van der Waals surface area contributed by atoms with Gasteiger partial charge in [-0.1, -0.05) is 0 Å². The summed E-state index contributed by atoms with van der Waals surface area (Å²) in [6.45, 7) is 6.89. The van der Waals surface area contributed by atoms with Crippen molar-refractivity contribution in [3.8, 4) is 0 Å². The van der Waals surface area contributed by atoms with Crippen molar-refractivity contribution in [2.24, 2.45) is 15.1 Å². The lowest BCUT2D eigenvalue weighted by atomic mass is 10.3. The number of hydrogen-bond acceptors (Lipinski definition) is 6. The molecule has 0 aromatic carbocycles. The highest BCUT2D eigenvalue weighted by Gasteiger charge is 2.36. The Balaban J connectivity index is 1.58. The maximum absolute atomic E-state index is 4.68. The summed E-state index contributed by atoms with van der Waals surface area (Å²) in [7, 11) is 1.96. The minimum atomic E-state index is 0.260. The van der Waals surface area contributed by atoms with E-state index in [2.05, 4.69) is 37.0 Å². The van der Waals surface area contributed by atoms with E-state index in [9.17, 15) is 0 Å². The molecule has 3 aliphatic heterocycles. The highest BCUT2D eigenvalue weighted by atomic mass is 15.7. The Labute approximate surface area is 147 Å². The maximum atomic E-state index is 4.68. The molecule has 0 bridgehead atoms. The van der Waals surface area contributed by atoms with Crippen LogP contribution in [0.1, 0.15) is 32.5 Å². The number of allylic oxidation sites excluding steroid dienone is 1. The van der Waals surface area contributed by atoms with E-state index in [1.165, 1.54) is 12.8 Å². The molecule has 0 saturated carbocycles. The van der Waals surface area contributed by atoms with Crippen LogP contribution in [0.15, 0.2) is 33.4 Å². The summed E-state index contributed by atoms with van der Waals surface area (Å²) < 4.78 is 2.18. The van der Waals surface area contributed by atoms with Gasteiger partial charge in [0.2, 0.25) is 11.8 Å². The smallest absolute Gasteiger partial charge is 0.340 e. The Morgan fingerprint density at radius 3 is 2.76 bits per heavy atom. The lowest BCUT2D eigenvalue weighted by molar-refractivity contribution is -0.771. The van der Waals surface area contributed by atoms with Crippen molar-refractivity contribution in [1.29, 1.82) is 0 Å². The number of rotatable bonds is 4. The molecule has 0 amide bonds. The molecule has 4 heterocycles. The molecule has 8 heteroatoms. The van der Waals surface area contributed by atoms with Crippen LogP contribution >= 0.6 is 0 Å². The summed E-state index contributed by atoms with van der Waals surface area (Å²) in [5.74, 6) is 2.98. The Kier molecular flexibility index (Phi) is 3.84. The quantitative estimate of drug-likeness (QED) is 0.788. The highest BCUT2D eigenvalue weighted by Crippen LogP contribution is 2.21. The van der Waals surface area contributed by atoms with E-state index in [1.807, 2.05) is 43.1 Å². The fraction of sp³-hybridized carbons (Fsp3) is 0.471. The molecular weight excluding hydrogens is 316 g/mol. The Morgan fingerprint density at radius 2 is 2.00 bits per heavy atom. The summed E-state index contributed by atoms with van der Waals surface area (Å²) in [5.41, 5.74) is 0.941. The van der Waals surface area contributed by atoms with Crippen LogP contribution in [0.25, 0.3) is 6.08 Å². The molecule has 130 valence electrons. The second kappa shape index (κ2) is 6.03. The van der Waals surface area contributed by atoms with Gasteiger partial charge >= 0.3 is 5.96 Å². The molecule has 0 radical (unpaired) electrons. The molecule has 1 unspecified atom stereocenters. The standard InChI is InChI=1S/C17H23N8/c1-4-24-15(20-16(21-24)23-10-5-6-11-23)8-7-14-19-17-18-13(2)9-12-25(17,3)22-14/h7-9,12H,4-6,10-11H2,1-3H3/q+1. The number of aryl methyl sites for hydroxylation is 1. The fourth-order valence-electron chi connectivity index (χ4n) is 3.13. The molecule has 4 rings (SSSR count). The third-order valence-electron chi connectivity index (χ3n) is 4.57. The molecule has 0 N–H and O–H groups in total. The second-order valence-corrected chi connectivity index (χ2v) is 6.58. The monoisotopic (exact) mass is 339 g/mol. The van der Waals surface area contributed by atoms with Crippen LogP contribution in [0.5, 0.6) is 0 Å². The molecule has 0 aliphatic carbocycles. The highest BCUT2D eigenvalue weighted by molar-refractivity contribution is 6.10. The zero-order valence-corrected chi connectivity index (χ0v) is 14.9. The molecule has 1 fully saturated rings. The van der Waals surface area contributed by atoms with E-state index in [4.69, 9.17) is 0 Å². The van der Waals surface area contributed by atoms with Crippen molar-refractivity contribution < 1.29 is 4.59 Å². The third-order valence-corrected chi connectivity index (χ3v) is 4.57. The van der Waals surface area contributed by atoms with Gasteiger partial charge in [-0.25, -0.2) is 4.68 Å². The van der Waals surface area contributed by atoms with Crippen LogP contribution in [-0.4, -0.2) is 57.0 Å². The number of aromatic nitrogens is 3. The Hall–Kier alpha value is -2.61. The normalized spacial score (nSPS) is 25.4. The summed E-state index contributed by atoms with van der Waals surface area (Å²) in [6.07, 6.45) is 10.2. The first-order valence-electron chi connectivity index (χ1n) is 8.75. The van der Waals surface area contributed by atoms with Crippen molar-refractivity contribution in [3.05, 3.63) is 24.2 Å². The summed E-state index contributed by atoms with van der Waals surface area (Å²) in [6, 6.07) is 0. The minimum Gasteiger partial charge on any atom is -0.340 e. The summed E-state index contributed by atoms with van der Waals surface area (Å²) >= 11 is 0. The van der Waals surface area contributed by atoms with E-state index in [1.54, 1.807) is 0 Å². The largest absolute Gasteiger partial charge is 0.363 e. The first kappa shape index (κ1) is 15.9. The van der Waals surface area contributed by atoms with Gasteiger partial charge in [-0.2, -0.15) is 9.98 Å². The number of aliphatic imine (C=N–C) groups is 2. The van der Waals surface area contributed by atoms with Gasteiger partial charge in [0.15, 0.2) is 5.82 Å². The zero-order chi connectivity index (χ0) is 17.4. The van der Waals surface area contributed by atoms with E-state index < -0.39 is 0 Å². The van der Waals surface area contributed by atoms with Gasteiger partial charge in [-0.15, -0.1) is 14.7 Å². The Morgan fingerprint density at radius 1 is 1.20 bits per heavy atom. The molecule has 1 saturated heterocycles. The van der Waals surface area contributed by atoms with Gasteiger partial charge in [0.05, 0.1) is 5.71 Å². The van der Waals surface area contributed by atoms with Gasteiger partial charge in [0.25, 0.3) is 0 Å². The average molecular weight is 339 g/mol. The summed E-state index contributed by atoms with van der Waals surface area (Å²) in [4.78, 5) is 15.9. The fourth-order valence-corrected chi connectivity index (χ4v) is 3.13. The predicted octanol–water partition coefficient (Wildman–Crippen LogP) is 2.03. The van der Waals surface area contributed by atoms with Crippen LogP contribution in [0, 0.1) is 0 Å². The van der Waals surface area contributed by atoms with Crippen LogP contribution in [0.2, 0.25) is 0 Å². The number of hydrogen-bond donors (Lipinski definition) is 0. The van der Waals surface area contributed by atoms with Gasteiger partial charge in [-0.05, 0) is 43.9 Å². The molecule has 1 atom stereocenters. The molecule has 1 aromatic rings. The van der Waals surface area contributed by atoms with Crippen LogP contribution in [0.4, 0.5) is 5.95 Å². The van der Waals surface area contributed by atoms with Crippen molar-refractivity contribution in [2.45, 2.75) is 33.2 Å². The van der Waals surface area contributed by atoms with E-state index in [0.29, 0.717) is 11.8 Å². The lowest BCUT2D eigenvalue weighted by Crippen LogP contribution is -2.37. The number of amidine groups is 1. The van der Waals surface area contributed by atoms with E-state index >= 15 is 0 Å².